The maximum atomic E-state index is 11.9. The van der Waals surface area contributed by atoms with Crippen LogP contribution in [0.5, 0.6) is 0 Å². The number of nitrogens with one attached hydrogen (secondary N) is 2. The molecular formula is C18H26Cl2N2O2. The number of carbonyl (C=O) groups is 1. The maximum absolute atomic E-state index is 11.9. The third kappa shape index (κ3) is 5.83. The Kier molecular flexibility index (Phi) is 6.40. The zero-order valence-electron chi connectivity index (χ0n) is 14.5. The highest BCUT2D eigenvalue weighted by molar-refractivity contribution is 6.33. The van der Waals surface area contributed by atoms with Crippen molar-refractivity contribution in [1.82, 2.24) is 10.6 Å². The SMILES string of the molecule is CC(C)(C)OC(=O)NCC1(NCc2cc(Cl)ccc2Cl)CCCC1. The first-order valence-corrected chi connectivity index (χ1v) is 9.11. The fourth-order valence-electron chi connectivity index (χ4n) is 2.98. The molecule has 24 heavy (non-hydrogen) atoms. The lowest BCUT2D eigenvalue weighted by atomic mass is 9.97. The minimum absolute atomic E-state index is 0.122. The topological polar surface area (TPSA) is 50.4 Å². The molecule has 4 nitrogen and oxygen atoms in total. The lowest BCUT2D eigenvalue weighted by molar-refractivity contribution is 0.0509. The number of amides is 1. The van der Waals surface area contributed by atoms with E-state index in [-0.39, 0.29) is 11.6 Å². The van der Waals surface area contributed by atoms with Gasteiger partial charge in [-0.3, -0.25) is 0 Å². The number of benzene rings is 1. The summed E-state index contributed by atoms with van der Waals surface area (Å²) in [6.45, 7) is 6.74. The van der Waals surface area contributed by atoms with Crippen molar-refractivity contribution in [3.63, 3.8) is 0 Å². The summed E-state index contributed by atoms with van der Waals surface area (Å²) in [6, 6.07) is 5.46. The Balaban J connectivity index is 1.95. The van der Waals surface area contributed by atoms with Crippen LogP contribution in [-0.4, -0.2) is 23.8 Å². The highest BCUT2D eigenvalue weighted by atomic mass is 35.5. The van der Waals surface area contributed by atoms with Crippen LogP contribution >= 0.6 is 23.2 Å². The monoisotopic (exact) mass is 372 g/mol. The largest absolute Gasteiger partial charge is 0.444 e. The number of rotatable bonds is 5. The summed E-state index contributed by atoms with van der Waals surface area (Å²) in [5.74, 6) is 0. The summed E-state index contributed by atoms with van der Waals surface area (Å²) >= 11 is 12.3. The summed E-state index contributed by atoms with van der Waals surface area (Å²) in [7, 11) is 0. The van der Waals surface area contributed by atoms with Crippen LogP contribution in [0.3, 0.4) is 0 Å². The lowest BCUT2D eigenvalue weighted by Crippen LogP contribution is -2.52. The van der Waals surface area contributed by atoms with Gasteiger partial charge in [0.05, 0.1) is 0 Å². The van der Waals surface area contributed by atoms with E-state index in [4.69, 9.17) is 27.9 Å². The molecule has 0 aliphatic heterocycles. The number of hydrogen-bond acceptors (Lipinski definition) is 3. The van der Waals surface area contributed by atoms with Crippen LogP contribution in [-0.2, 0) is 11.3 Å². The van der Waals surface area contributed by atoms with Gasteiger partial charge in [0.2, 0.25) is 0 Å². The Morgan fingerprint density at radius 3 is 2.54 bits per heavy atom. The highest BCUT2D eigenvalue weighted by Gasteiger charge is 2.34. The summed E-state index contributed by atoms with van der Waals surface area (Å²) in [5, 5.41) is 7.85. The van der Waals surface area contributed by atoms with Crippen molar-refractivity contribution in [2.24, 2.45) is 0 Å². The van der Waals surface area contributed by atoms with Crippen molar-refractivity contribution in [1.29, 1.82) is 0 Å². The van der Waals surface area contributed by atoms with Crippen LogP contribution in [0.25, 0.3) is 0 Å². The molecule has 1 aliphatic rings. The van der Waals surface area contributed by atoms with E-state index in [0.29, 0.717) is 23.1 Å². The average molecular weight is 373 g/mol. The van der Waals surface area contributed by atoms with Crippen LogP contribution in [0.15, 0.2) is 18.2 Å². The smallest absolute Gasteiger partial charge is 0.407 e. The van der Waals surface area contributed by atoms with E-state index in [0.717, 1.165) is 31.2 Å². The number of alkyl carbamates (subject to hydrolysis) is 1. The first-order chi connectivity index (χ1) is 11.2. The molecule has 0 radical (unpaired) electrons. The normalized spacial score (nSPS) is 16.9. The molecule has 6 heteroatoms. The molecule has 134 valence electrons. The van der Waals surface area contributed by atoms with Gasteiger partial charge < -0.3 is 15.4 Å². The zero-order chi connectivity index (χ0) is 17.8. The van der Waals surface area contributed by atoms with Gasteiger partial charge in [0.1, 0.15) is 5.60 Å². The molecule has 0 heterocycles. The van der Waals surface area contributed by atoms with Gasteiger partial charge in [0.25, 0.3) is 0 Å². The Hall–Kier alpha value is -0.970. The van der Waals surface area contributed by atoms with E-state index < -0.39 is 5.60 Å². The molecule has 2 N–H and O–H groups in total. The summed E-state index contributed by atoms with van der Waals surface area (Å²) in [6.07, 6.45) is 3.94. The van der Waals surface area contributed by atoms with Crippen LogP contribution < -0.4 is 10.6 Å². The fraction of sp³-hybridized carbons (Fsp3) is 0.611. The highest BCUT2D eigenvalue weighted by Crippen LogP contribution is 2.30. The second-order valence-corrected chi connectivity index (χ2v) is 8.28. The molecule has 1 aromatic carbocycles. The number of carbonyl (C=O) groups excluding carboxylic acids is 1. The van der Waals surface area contributed by atoms with Gasteiger partial charge in [0, 0.05) is 28.7 Å². The zero-order valence-corrected chi connectivity index (χ0v) is 16.1. The maximum Gasteiger partial charge on any atom is 0.407 e. The molecule has 1 amide bonds. The molecule has 0 atom stereocenters. The van der Waals surface area contributed by atoms with Gasteiger partial charge in [-0.25, -0.2) is 4.79 Å². The minimum atomic E-state index is -0.491. The van der Waals surface area contributed by atoms with Crippen molar-refractivity contribution >= 4 is 29.3 Å². The van der Waals surface area contributed by atoms with Crippen LogP contribution in [0.1, 0.15) is 52.0 Å². The molecule has 1 aromatic rings. The molecule has 0 spiro atoms. The second kappa shape index (κ2) is 7.94. The Bertz CT molecular complexity index is 579. The van der Waals surface area contributed by atoms with Gasteiger partial charge in [-0.1, -0.05) is 36.0 Å². The first-order valence-electron chi connectivity index (χ1n) is 8.35. The predicted molar refractivity (Wildman–Crippen MR) is 98.7 cm³/mol. The van der Waals surface area contributed by atoms with E-state index in [1.165, 1.54) is 0 Å². The van der Waals surface area contributed by atoms with Crippen LogP contribution in [0, 0.1) is 0 Å². The molecule has 1 aliphatic carbocycles. The molecule has 1 saturated carbocycles. The molecule has 0 aromatic heterocycles. The van der Waals surface area contributed by atoms with Crippen molar-refractivity contribution in [2.45, 2.75) is 64.1 Å². The summed E-state index contributed by atoms with van der Waals surface area (Å²) in [4.78, 5) is 11.9. The Labute approximate surface area is 154 Å². The average Bonchev–Trinajstić information content (AvgIpc) is 2.94. The quantitative estimate of drug-likeness (QED) is 0.770. The van der Waals surface area contributed by atoms with Gasteiger partial charge in [-0.05, 0) is 57.4 Å². The standard InChI is InChI=1S/C18H26Cl2N2O2/c1-17(2,3)24-16(23)21-12-18(8-4-5-9-18)22-11-13-10-14(19)6-7-15(13)20/h6-7,10,22H,4-5,8-9,11-12H2,1-3H3,(H,21,23). The van der Waals surface area contributed by atoms with Gasteiger partial charge in [-0.15, -0.1) is 0 Å². The molecule has 1 fully saturated rings. The first kappa shape index (κ1) is 19.4. The van der Waals surface area contributed by atoms with Crippen molar-refractivity contribution in [2.75, 3.05) is 6.54 Å². The third-order valence-electron chi connectivity index (χ3n) is 4.19. The second-order valence-electron chi connectivity index (χ2n) is 7.43. The summed E-state index contributed by atoms with van der Waals surface area (Å²) in [5.41, 5.74) is 0.352. The Morgan fingerprint density at radius 1 is 1.25 bits per heavy atom. The van der Waals surface area contributed by atoms with E-state index in [1.54, 1.807) is 12.1 Å². The minimum Gasteiger partial charge on any atom is -0.444 e. The van der Waals surface area contributed by atoms with Gasteiger partial charge in [0.15, 0.2) is 0 Å². The van der Waals surface area contributed by atoms with Crippen LogP contribution in [0.4, 0.5) is 4.79 Å². The Morgan fingerprint density at radius 2 is 1.92 bits per heavy atom. The molecule has 2 rings (SSSR count). The molecule has 0 saturated heterocycles. The molecular weight excluding hydrogens is 347 g/mol. The van der Waals surface area contributed by atoms with E-state index >= 15 is 0 Å². The summed E-state index contributed by atoms with van der Waals surface area (Å²) < 4.78 is 5.32. The van der Waals surface area contributed by atoms with Crippen molar-refractivity contribution < 1.29 is 9.53 Å². The number of hydrogen-bond donors (Lipinski definition) is 2. The predicted octanol–water partition coefficient (Wildman–Crippen LogP) is 4.92. The third-order valence-corrected chi connectivity index (χ3v) is 4.80. The van der Waals surface area contributed by atoms with Crippen molar-refractivity contribution in [3.8, 4) is 0 Å². The van der Waals surface area contributed by atoms with Crippen LogP contribution in [0.2, 0.25) is 10.0 Å². The van der Waals surface area contributed by atoms with Gasteiger partial charge in [-0.2, -0.15) is 0 Å². The lowest BCUT2D eigenvalue weighted by Gasteiger charge is -2.31. The number of ether oxygens (including phenoxy) is 1. The van der Waals surface area contributed by atoms with E-state index in [2.05, 4.69) is 10.6 Å². The van der Waals surface area contributed by atoms with E-state index in [1.807, 2.05) is 26.8 Å². The molecule has 0 bridgehead atoms. The molecule has 0 unspecified atom stereocenters. The van der Waals surface area contributed by atoms with E-state index in [9.17, 15) is 4.79 Å². The number of halogens is 2. The van der Waals surface area contributed by atoms with Crippen molar-refractivity contribution in [3.05, 3.63) is 33.8 Å². The van der Waals surface area contributed by atoms with Gasteiger partial charge >= 0.3 is 6.09 Å². The fourth-order valence-corrected chi connectivity index (χ4v) is 3.36.